The first-order chi connectivity index (χ1) is 16.0. The lowest BCUT2D eigenvalue weighted by molar-refractivity contribution is -0.141. The predicted molar refractivity (Wildman–Crippen MR) is 127 cm³/mol. The van der Waals surface area contributed by atoms with Crippen molar-refractivity contribution in [2.75, 3.05) is 58.4 Å². The van der Waals surface area contributed by atoms with Gasteiger partial charge in [0.05, 0.1) is 33.0 Å². The van der Waals surface area contributed by atoms with E-state index in [1.54, 1.807) is 35.0 Å². The van der Waals surface area contributed by atoms with Crippen molar-refractivity contribution >= 4 is 17.5 Å². The van der Waals surface area contributed by atoms with E-state index in [0.29, 0.717) is 56.7 Å². The van der Waals surface area contributed by atoms with Gasteiger partial charge in [0, 0.05) is 24.8 Å². The summed E-state index contributed by atoms with van der Waals surface area (Å²) in [5, 5.41) is 2.90. The Balaban J connectivity index is 1.72. The summed E-state index contributed by atoms with van der Waals surface area (Å²) in [6.07, 6.45) is 0. The summed E-state index contributed by atoms with van der Waals surface area (Å²) >= 11 is 0. The lowest BCUT2D eigenvalue weighted by atomic mass is 10.0. The second-order valence-corrected chi connectivity index (χ2v) is 7.74. The number of carbonyl (C=O) groups is 2. The second-order valence-electron chi connectivity index (χ2n) is 7.74. The highest BCUT2D eigenvalue weighted by Gasteiger charge is 2.31. The van der Waals surface area contributed by atoms with E-state index in [2.05, 4.69) is 5.32 Å². The molecule has 1 saturated heterocycles. The van der Waals surface area contributed by atoms with Gasteiger partial charge in [-0.05, 0) is 38.6 Å². The number of amides is 2. The molecule has 1 atom stereocenters. The van der Waals surface area contributed by atoms with Crippen LogP contribution >= 0.6 is 0 Å². The minimum atomic E-state index is -0.561. The number of ether oxygens (including phenoxy) is 3. The van der Waals surface area contributed by atoms with Crippen LogP contribution in [0, 0.1) is 0 Å². The van der Waals surface area contributed by atoms with Crippen LogP contribution in [0.3, 0.4) is 0 Å². The number of anilines is 1. The third-order valence-electron chi connectivity index (χ3n) is 5.33. The molecule has 8 heteroatoms. The number of rotatable bonds is 10. The van der Waals surface area contributed by atoms with Crippen molar-refractivity contribution in [2.24, 2.45) is 0 Å². The van der Waals surface area contributed by atoms with Gasteiger partial charge in [0.15, 0.2) is 11.5 Å². The minimum absolute atomic E-state index is 0.0282. The molecular formula is C25H33N3O5. The van der Waals surface area contributed by atoms with Gasteiger partial charge in [-0.3, -0.25) is 14.5 Å². The summed E-state index contributed by atoms with van der Waals surface area (Å²) in [7, 11) is 1.79. The molecule has 0 aromatic heterocycles. The van der Waals surface area contributed by atoms with Crippen LogP contribution in [0.5, 0.6) is 11.5 Å². The van der Waals surface area contributed by atoms with Gasteiger partial charge in [-0.1, -0.05) is 30.3 Å². The SMILES string of the molecule is CCOc1ccc(NC(=O)CN(C)C(C(=O)N2CCOCC2)c2ccccc2)cc1OCC. The molecule has 2 aromatic carbocycles. The topological polar surface area (TPSA) is 80.3 Å². The largest absolute Gasteiger partial charge is 0.490 e. The second kappa shape index (κ2) is 12.2. The van der Waals surface area contributed by atoms with Crippen LogP contribution in [-0.4, -0.2) is 74.7 Å². The molecule has 178 valence electrons. The van der Waals surface area contributed by atoms with Crippen LogP contribution in [-0.2, 0) is 14.3 Å². The average Bonchev–Trinajstić information content (AvgIpc) is 2.82. The van der Waals surface area contributed by atoms with Crippen molar-refractivity contribution in [2.45, 2.75) is 19.9 Å². The highest BCUT2D eigenvalue weighted by molar-refractivity contribution is 5.93. The smallest absolute Gasteiger partial charge is 0.244 e. The lowest BCUT2D eigenvalue weighted by Gasteiger charge is -2.34. The van der Waals surface area contributed by atoms with E-state index in [9.17, 15) is 9.59 Å². The summed E-state index contributed by atoms with van der Waals surface area (Å²) in [6, 6.07) is 14.3. The van der Waals surface area contributed by atoms with Gasteiger partial charge in [-0.15, -0.1) is 0 Å². The normalized spacial score (nSPS) is 14.6. The van der Waals surface area contributed by atoms with Crippen molar-refractivity contribution in [3.8, 4) is 11.5 Å². The summed E-state index contributed by atoms with van der Waals surface area (Å²) < 4.78 is 16.6. The van der Waals surface area contributed by atoms with Gasteiger partial charge in [0.2, 0.25) is 11.8 Å². The molecule has 0 spiro atoms. The maximum absolute atomic E-state index is 13.4. The Hall–Kier alpha value is -3.10. The fourth-order valence-electron chi connectivity index (χ4n) is 3.82. The maximum Gasteiger partial charge on any atom is 0.244 e. The molecule has 1 aliphatic heterocycles. The molecule has 33 heavy (non-hydrogen) atoms. The molecule has 1 unspecified atom stereocenters. The van der Waals surface area contributed by atoms with E-state index in [1.165, 1.54) is 0 Å². The lowest BCUT2D eigenvalue weighted by Crippen LogP contribution is -2.47. The highest BCUT2D eigenvalue weighted by Crippen LogP contribution is 2.31. The van der Waals surface area contributed by atoms with Gasteiger partial charge in [0.1, 0.15) is 6.04 Å². The summed E-state index contributed by atoms with van der Waals surface area (Å²) in [5.41, 5.74) is 1.46. The van der Waals surface area contributed by atoms with Gasteiger partial charge < -0.3 is 24.4 Å². The van der Waals surface area contributed by atoms with Crippen molar-refractivity contribution < 1.29 is 23.8 Å². The minimum Gasteiger partial charge on any atom is -0.490 e. The van der Waals surface area contributed by atoms with E-state index in [1.807, 2.05) is 44.2 Å². The zero-order valence-corrected chi connectivity index (χ0v) is 19.6. The van der Waals surface area contributed by atoms with Crippen LogP contribution in [0.1, 0.15) is 25.5 Å². The van der Waals surface area contributed by atoms with Crippen LogP contribution in [0.15, 0.2) is 48.5 Å². The van der Waals surface area contributed by atoms with E-state index >= 15 is 0 Å². The molecule has 1 aliphatic rings. The fraction of sp³-hybridized carbons (Fsp3) is 0.440. The van der Waals surface area contributed by atoms with Crippen LogP contribution in [0.2, 0.25) is 0 Å². The standard InChI is InChI=1S/C25H33N3O5/c1-4-32-21-12-11-20(17-22(21)33-5-2)26-23(29)18-27(3)24(19-9-7-6-8-10-19)25(30)28-13-15-31-16-14-28/h6-12,17,24H,4-5,13-16,18H2,1-3H3,(H,26,29). The summed E-state index contributed by atoms with van der Waals surface area (Å²) in [4.78, 5) is 29.8. The molecule has 1 fully saturated rings. The molecule has 2 amide bonds. The Labute approximate surface area is 195 Å². The molecular weight excluding hydrogens is 422 g/mol. The van der Waals surface area contributed by atoms with E-state index < -0.39 is 6.04 Å². The Morgan fingerprint density at radius 2 is 1.70 bits per heavy atom. The molecule has 0 aliphatic carbocycles. The van der Waals surface area contributed by atoms with Gasteiger partial charge in [-0.25, -0.2) is 0 Å². The summed E-state index contributed by atoms with van der Waals surface area (Å²) in [5.74, 6) is 0.962. The monoisotopic (exact) mass is 455 g/mol. The van der Waals surface area contributed by atoms with E-state index in [-0.39, 0.29) is 18.4 Å². The zero-order chi connectivity index (χ0) is 23.6. The third kappa shape index (κ3) is 6.69. The van der Waals surface area contributed by atoms with E-state index in [4.69, 9.17) is 14.2 Å². The molecule has 2 aromatic rings. The van der Waals surface area contributed by atoms with Gasteiger partial charge >= 0.3 is 0 Å². The van der Waals surface area contributed by atoms with Gasteiger partial charge in [-0.2, -0.15) is 0 Å². The van der Waals surface area contributed by atoms with Crippen LogP contribution in [0.25, 0.3) is 0 Å². The number of morpholine rings is 1. The molecule has 1 heterocycles. The van der Waals surface area contributed by atoms with Crippen LogP contribution < -0.4 is 14.8 Å². The van der Waals surface area contributed by atoms with Gasteiger partial charge in [0.25, 0.3) is 0 Å². The van der Waals surface area contributed by atoms with E-state index in [0.717, 1.165) is 5.56 Å². The zero-order valence-electron chi connectivity index (χ0n) is 19.6. The first kappa shape index (κ1) is 24.5. The number of carbonyl (C=O) groups excluding carboxylic acids is 2. The Kier molecular flexibility index (Phi) is 9.09. The van der Waals surface area contributed by atoms with Crippen molar-refractivity contribution in [3.05, 3.63) is 54.1 Å². The number of likely N-dealkylation sites (N-methyl/N-ethyl adjacent to an activating group) is 1. The predicted octanol–water partition coefficient (Wildman–Crippen LogP) is 2.95. The fourth-order valence-corrected chi connectivity index (χ4v) is 3.82. The van der Waals surface area contributed by atoms with Crippen molar-refractivity contribution in [1.82, 2.24) is 9.80 Å². The maximum atomic E-state index is 13.4. The molecule has 8 nitrogen and oxygen atoms in total. The quantitative estimate of drug-likeness (QED) is 0.593. The molecule has 0 radical (unpaired) electrons. The molecule has 3 rings (SSSR count). The first-order valence-corrected chi connectivity index (χ1v) is 11.3. The molecule has 1 N–H and O–H groups in total. The Morgan fingerprint density at radius 1 is 1.03 bits per heavy atom. The first-order valence-electron chi connectivity index (χ1n) is 11.3. The molecule has 0 saturated carbocycles. The summed E-state index contributed by atoms with van der Waals surface area (Å²) in [6.45, 7) is 7.01. The Morgan fingerprint density at radius 3 is 2.36 bits per heavy atom. The van der Waals surface area contributed by atoms with Crippen molar-refractivity contribution in [1.29, 1.82) is 0 Å². The number of nitrogens with zero attached hydrogens (tertiary/aromatic N) is 2. The number of hydrogen-bond acceptors (Lipinski definition) is 6. The van der Waals surface area contributed by atoms with Crippen LogP contribution in [0.4, 0.5) is 5.69 Å². The third-order valence-corrected chi connectivity index (χ3v) is 5.33. The number of hydrogen-bond donors (Lipinski definition) is 1. The highest BCUT2D eigenvalue weighted by atomic mass is 16.5. The van der Waals surface area contributed by atoms with Crippen molar-refractivity contribution in [3.63, 3.8) is 0 Å². The average molecular weight is 456 g/mol. The molecule has 0 bridgehead atoms. The Bertz CT molecular complexity index is 916. The number of nitrogens with one attached hydrogen (secondary N) is 1. The number of benzene rings is 2.